The lowest BCUT2D eigenvalue weighted by Gasteiger charge is -2.40. The van der Waals surface area contributed by atoms with Crippen LogP contribution in [0.25, 0.3) is 0 Å². The number of nitrogens with zero attached hydrogens (tertiary/aromatic N) is 1. The maximum atomic E-state index is 5.71. The highest BCUT2D eigenvalue weighted by atomic mass is 15.2. The number of rotatable bonds is 5. The molecule has 19 heavy (non-hydrogen) atoms. The van der Waals surface area contributed by atoms with Gasteiger partial charge in [0.15, 0.2) is 0 Å². The summed E-state index contributed by atoms with van der Waals surface area (Å²) in [6.07, 6.45) is 5.11. The normalized spacial score (nSPS) is 27.2. The van der Waals surface area contributed by atoms with Gasteiger partial charge in [-0.15, -0.1) is 0 Å². The van der Waals surface area contributed by atoms with Gasteiger partial charge in [0.1, 0.15) is 0 Å². The first kappa shape index (κ1) is 14.4. The van der Waals surface area contributed by atoms with E-state index in [1.807, 2.05) is 0 Å². The molecule has 0 bridgehead atoms. The molecule has 2 N–H and O–H groups in total. The number of anilines is 1. The van der Waals surface area contributed by atoms with Gasteiger partial charge in [0.05, 0.1) is 0 Å². The van der Waals surface area contributed by atoms with Crippen molar-refractivity contribution < 1.29 is 0 Å². The molecule has 2 rings (SSSR count). The van der Waals surface area contributed by atoms with Crippen LogP contribution in [0.1, 0.15) is 39.5 Å². The molecule has 2 nitrogen and oxygen atoms in total. The average Bonchev–Trinajstić information content (AvgIpc) is 2.39. The molecule has 1 aliphatic carbocycles. The molecule has 2 atom stereocenters. The first-order valence-corrected chi connectivity index (χ1v) is 7.72. The van der Waals surface area contributed by atoms with Crippen LogP contribution in [0, 0.1) is 11.8 Å². The van der Waals surface area contributed by atoms with E-state index in [1.54, 1.807) is 0 Å². The molecule has 0 aromatic heterocycles. The van der Waals surface area contributed by atoms with E-state index in [1.165, 1.54) is 24.9 Å². The van der Waals surface area contributed by atoms with Crippen LogP contribution in [0.2, 0.25) is 0 Å². The van der Waals surface area contributed by atoms with Gasteiger partial charge in [-0.1, -0.05) is 32.0 Å². The lowest BCUT2D eigenvalue weighted by molar-refractivity contribution is 0.259. The van der Waals surface area contributed by atoms with E-state index in [0.717, 1.165) is 31.3 Å². The van der Waals surface area contributed by atoms with Crippen molar-refractivity contribution in [1.29, 1.82) is 0 Å². The number of nitrogens with two attached hydrogens (primary N) is 1. The summed E-state index contributed by atoms with van der Waals surface area (Å²) in [5.74, 6) is 1.69. The zero-order chi connectivity index (χ0) is 13.7. The lowest BCUT2D eigenvalue weighted by atomic mass is 9.79. The Morgan fingerprint density at radius 3 is 2.26 bits per heavy atom. The van der Waals surface area contributed by atoms with E-state index >= 15 is 0 Å². The van der Waals surface area contributed by atoms with E-state index in [2.05, 4.69) is 49.1 Å². The fourth-order valence-corrected chi connectivity index (χ4v) is 3.56. The monoisotopic (exact) mass is 260 g/mol. The molecule has 106 valence electrons. The van der Waals surface area contributed by atoms with Crippen LogP contribution in [0.5, 0.6) is 0 Å². The SMILES string of the molecule is CC1CC(C)CC(N(CCCN)c2ccccc2)C1. The smallest absolute Gasteiger partial charge is 0.0368 e. The third-order valence-corrected chi connectivity index (χ3v) is 4.29. The summed E-state index contributed by atoms with van der Waals surface area (Å²) in [5.41, 5.74) is 7.08. The summed E-state index contributed by atoms with van der Waals surface area (Å²) >= 11 is 0. The minimum absolute atomic E-state index is 0.688. The molecule has 0 radical (unpaired) electrons. The van der Waals surface area contributed by atoms with Crippen molar-refractivity contribution in [1.82, 2.24) is 0 Å². The van der Waals surface area contributed by atoms with Crippen LogP contribution in [0.4, 0.5) is 5.69 Å². The predicted molar refractivity (Wildman–Crippen MR) is 83.4 cm³/mol. The van der Waals surface area contributed by atoms with Crippen LogP contribution in [-0.4, -0.2) is 19.1 Å². The van der Waals surface area contributed by atoms with Crippen molar-refractivity contribution in [2.45, 2.75) is 45.6 Å². The van der Waals surface area contributed by atoms with Gasteiger partial charge in [-0.3, -0.25) is 0 Å². The Morgan fingerprint density at radius 2 is 1.68 bits per heavy atom. The summed E-state index contributed by atoms with van der Waals surface area (Å²) in [5, 5.41) is 0. The maximum absolute atomic E-state index is 5.71. The lowest BCUT2D eigenvalue weighted by Crippen LogP contribution is -2.41. The third-order valence-electron chi connectivity index (χ3n) is 4.29. The van der Waals surface area contributed by atoms with Crippen molar-refractivity contribution in [3.63, 3.8) is 0 Å². The highest BCUT2D eigenvalue weighted by Gasteiger charge is 2.28. The molecule has 1 saturated carbocycles. The van der Waals surface area contributed by atoms with Crippen molar-refractivity contribution >= 4 is 5.69 Å². The van der Waals surface area contributed by atoms with Crippen molar-refractivity contribution in [2.75, 3.05) is 18.0 Å². The summed E-state index contributed by atoms with van der Waals surface area (Å²) in [6, 6.07) is 11.5. The summed E-state index contributed by atoms with van der Waals surface area (Å²) < 4.78 is 0. The van der Waals surface area contributed by atoms with Crippen LogP contribution < -0.4 is 10.6 Å². The second-order valence-electron chi connectivity index (χ2n) is 6.24. The van der Waals surface area contributed by atoms with Crippen molar-refractivity contribution in [3.05, 3.63) is 30.3 Å². The average molecular weight is 260 g/mol. The van der Waals surface area contributed by atoms with Crippen LogP contribution >= 0.6 is 0 Å². The molecule has 0 heterocycles. The van der Waals surface area contributed by atoms with E-state index < -0.39 is 0 Å². The molecular formula is C17H28N2. The van der Waals surface area contributed by atoms with Gasteiger partial charge in [0.25, 0.3) is 0 Å². The first-order chi connectivity index (χ1) is 9.20. The molecule has 2 unspecified atom stereocenters. The summed E-state index contributed by atoms with van der Waals surface area (Å²) in [6.45, 7) is 6.66. The first-order valence-electron chi connectivity index (χ1n) is 7.72. The number of hydrogen-bond donors (Lipinski definition) is 1. The van der Waals surface area contributed by atoms with Crippen molar-refractivity contribution in [3.8, 4) is 0 Å². The molecule has 0 amide bonds. The predicted octanol–water partition coefficient (Wildman–Crippen LogP) is 3.67. The molecule has 2 heteroatoms. The Balaban J connectivity index is 2.12. The number of hydrogen-bond acceptors (Lipinski definition) is 2. The van der Waals surface area contributed by atoms with Gasteiger partial charge in [0, 0.05) is 18.3 Å². The Labute approximate surface area is 118 Å². The molecule has 1 fully saturated rings. The maximum Gasteiger partial charge on any atom is 0.0368 e. The zero-order valence-electron chi connectivity index (χ0n) is 12.4. The second-order valence-corrected chi connectivity index (χ2v) is 6.24. The second kappa shape index (κ2) is 6.95. The fraction of sp³-hybridized carbons (Fsp3) is 0.647. The van der Waals surface area contributed by atoms with Gasteiger partial charge in [-0.25, -0.2) is 0 Å². The Bertz CT molecular complexity index is 353. The molecular weight excluding hydrogens is 232 g/mol. The Kier molecular flexibility index (Phi) is 5.26. The van der Waals surface area contributed by atoms with Gasteiger partial charge >= 0.3 is 0 Å². The number of benzene rings is 1. The topological polar surface area (TPSA) is 29.3 Å². The van der Waals surface area contributed by atoms with Crippen LogP contribution in [-0.2, 0) is 0 Å². The standard InChI is InChI=1S/C17H28N2/c1-14-11-15(2)13-17(12-14)19(10-6-9-18)16-7-4-3-5-8-16/h3-5,7-8,14-15,17H,6,9-13,18H2,1-2H3. The highest BCUT2D eigenvalue weighted by Crippen LogP contribution is 2.33. The Morgan fingerprint density at radius 1 is 1.05 bits per heavy atom. The van der Waals surface area contributed by atoms with Gasteiger partial charge in [-0.2, -0.15) is 0 Å². The Hall–Kier alpha value is -1.02. The quantitative estimate of drug-likeness (QED) is 0.875. The summed E-state index contributed by atoms with van der Waals surface area (Å²) in [4.78, 5) is 2.60. The third kappa shape index (κ3) is 3.97. The zero-order valence-corrected chi connectivity index (χ0v) is 12.4. The van der Waals surface area contributed by atoms with Crippen LogP contribution in [0.15, 0.2) is 30.3 Å². The van der Waals surface area contributed by atoms with E-state index in [-0.39, 0.29) is 0 Å². The highest BCUT2D eigenvalue weighted by molar-refractivity contribution is 5.47. The van der Waals surface area contributed by atoms with Gasteiger partial charge in [-0.05, 0) is 56.2 Å². The molecule has 0 aliphatic heterocycles. The van der Waals surface area contributed by atoms with E-state index in [4.69, 9.17) is 5.73 Å². The van der Waals surface area contributed by atoms with Crippen molar-refractivity contribution in [2.24, 2.45) is 17.6 Å². The largest absolute Gasteiger partial charge is 0.368 e. The van der Waals surface area contributed by atoms with E-state index in [0.29, 0.717) is 6.04 Å². The molecule has 0 saturated heterocycles. The van der Waals surface area contributed by atoms with Gasteiger partial charge in [0.2, 0.25) is 0 Å². The minimum atomic E-state index is 0.688. The van der Waals surface area contributed by atoms with Gasteiger partial charge < -0.3 is 10.6 Å². The molecule has 1 aromatic carbocycles. The summed E-state index contributed by atoms with van der Waals surface area (Å²) in [7, 11) is 0. The fourth-order valence-electron chi connectivity index (χ4n) is 3.56. The van der Waals surface area contributed by atoms with Crippen LogP contribution in [0.3, 0.4) is 0 Å². The van der Waals surface area contributed by atoms with E-state index in [9.17, 15) is 0 Å². The molecule has 0 spiro atoms. The number of para-hydroxylation sites is 1. The minimum Gasteiger partial charge on any atom is -0.368 e. The molecule has 1 aliphatic rings. The molecule has 1 aromatic rings.